The molecule has 130 valence electrons. The molecule has 0 saturated heterocycles. The molecule has 0 spiro atoms. The second-order valence-electron chi connectivity index (χ2n) is 5.26. The van der Waals surface area contributed by atoms with Gasteiger partial charge in [-0.1, -0.05) is 30.3 Å². The van der Waals surface area contributed by atoms with E-state index < -0.39 is 15.8 Å². The Labute approximate surface area is 141 Å². The molecule has 2 aromatic carbocycles. The summed E-state index contributed by atoms with van der Waals surface area (Å²) in [5.41, 5.74) is 6.39. The molecular weight excluding hydrogens is 331 g/mol. The summed E-state index contributed by atoms with van der Waals surface area (Å²) in [5.74, 6) is -0.706. The van der Waals surface area contributed by atoms with E-state index in [2.05, 4.69) is 0 Å². The highest BCUT2D eigenvalue weighted by atomic mass is 32.2. The van der Waals surface area contributed by atoms with Gasteiger partial charge in [-0.05, 0) is 30.7 Å². The topological polar surface area (TPSA) is 72.6 Å². The summed E-state index contributed by atoms with van der Waals surface area (Å²) in [6.07, 6.45) is 0.532. The van der Waals surface area contributed by atoms with Crippen LogP contribution in [0.5, 0.6) is 5.75 Å². The van der Waals surface area contributed by atoms with Gasteiger partial charge < -0.3 is 10.5 Å². The van der Waals surface area contributed by atoms with Crippen LogP contribution in [0.2, 0.25) is 0 Å². The number of nitrogens with zero attached hydrogens (tertiary/aromatic N) is 1. The van der Waals surface area contributed by atoms with E-state index in [9.17, 15) is 12.8 Å². The zero-order valence-corrected chi connectivity index (χ0v) is 14.3. The minimum absolute atomic E-state index is 0.00583. The number of sulfonamides is 1. The number of halogens is 1. The lowest BCUT2D eigenvalue weighted by atomic mass is 10.2. The summed E-state index contributed by atoms with van der Waals surface area (Å²) in [5, 5.41) is 0. The highest BCUT2D eigenvalue weighted by molar-refractivity contribution is 7.89. The second-order valence-corrected chi connectivity index (χ2v) is 7.20. The van der Waals surface area contributed by atoms with E-state index in [1.165, 1.54) is 23.5 Å². The van der Waals surface area contributed by atoms with E-state index in [4.69, 9.17) is 10.5 Å². The van der Waals surface area contributed by atoms with Crippen LogP contribution in [-0.2, 0) is 16.6 Å². The molecule has 0 bridgehead atoms. The average molecular weight is 352 g/mol. The average Bonchev–Trinajstić information content (AvgIpc) is 2.59. The molecule has 5 nitrogen and oxygen atoms in total. The van der Waals surface area contributed by atoms with Gasteiger partial charge in [-0.25, -0.2) is 12.8 Å². The molecule has 0 heterocycles. The lowest BCUT2D eigenvalue weighted by Crippen LogP contribution is -2.32. The largest absolute Gasteiger partial charge is 0.494 e. The monoisotopic (exact) mass is 352 g/mol. The predicted octanol–water partition coefficient (Wildman–Crippen LogP) is 2.37. The second kappa shape index (κ2) is 8.23. The van der Waals surface area contributed by atoms with Gasteiger partial charge in [-0.2, -0.15) is 4.31 Å². The SMILES string of the molecule is COc1cc(S(=O)(=O)N(CCCN)Cc2ccccc2)ccc1F. The quantitative estimate of drug-likeness (QED) is 0.792. The molecule has 0 amide bonds. The van der Waals surface area contributed by atoms with E-state index in [-0.39, 0.29) is 23.7 Å². The summed E-state index contributed by atoms with van der Waals surface area (Å²) in [4.78, 5) is -0.00583. The number of hydrogen-bond donors (Lipinski definition) is 1. The Balaban J connectivity index is 2.35. The molecule has 0 atom stereocenters. The maximum atomic E-state index is 13.6. The van der Waals surface area contributed by atoms with Crippen LogP contribution < -0.4 is 10.5 Å². The molecule has 7 heteroatoms. The zero-order valence-electron chi connectivity index (χ0n) is 13.5. The molecule has 2 aromatic rings. The molecule has 0 aliphatic carbocycles. The third-order valence-corrected chi connectivity index (χ3v) is 5.41. The molecule has 0 aliphatic rings. The summed E-state index contributed by atoms with van der Waals surface area (Å²) in [6.45, 7) is 0.893. The molecule has 0 aliphatic heterocycles. The van der Waals surface area contributed by atoms with Gasteiger partial charge >= 0.3 is 0 Å². The Morgan fingerprint density at radius 1 is 1.17 bits per heavy atom. The van der Waals surface area contributed by atoms with E-state index in [1.54, 1.807) is 0 Å². The zero-order chi connectivity index (χ0) is 17.6. The maximum Gasteiger partial charge on any atom is 0.243 e. The Morgan fingerprint density at radius 3 is 2.50 bits per heavy atom. The fraction of sp³-hybridized carbons (Fsp3) is 0.294. The van der Waals surface area contributed by atoms with Gasteiger partial charge in [0.25, 0.3) is 0 Å². The Morgan fingerprint density at radius 2 is 1.88 bits per heavy atom. The third kappa shape index (κ3) is 4.31. The molecule has 0 saturated carbocycles. The van der Waals surface area contributed by atoms with Crippen molar-refractivity contribution in [3.05, 3.63) is 59.9 Å². The third-order valence-electron chi connectivity index (χ3n) is 3.57. The van der Waals surface area contributed by atoms with Gasteiger partial charge in [-0.15, -0.1) is 0 Å². The number of nitrogens with two attached hydrogens (primary N) is 1. The van der Waals surface area contributed by atoms with Crippen molar-refractivity contribution in [1.82, 2.24) is 4.31 Å². The number of rotatable bonds is 8. The van der Waals surface area contributed by atoms with Gasteiger partial charge in [-0.3, -0.25) is 0 Å². The fourth-order valence-corrected chi connectivity index (χ4v) is 3.77. The van der Waals surface area contributed by atoms with Gasteiger partial charge in [0.1, 0.15) is 0 Å². The van der Waals surface area contributed by atoms with Crippen molar-refractivity contribution in [3.8, 4) is 5.75 Å². The van der Waals surface area contributed by atoms with Crippen molar-refractivity contribution in [2.24, 2.45) is 5.73 Å². The highest BCUT2D eigenvalue weighted by Gasteiger charge is 2.25. The van der Waals surface area contributed by atoms with E-state index in [1.807, 2.05) is 30.3 Å². The molecule has 0 fully saturated rings. The molecule has 24 heavy (non-hydrogen) atoms. The molecule has 0 aromatic heterocycles. The van der Waals surface area contributed by atoms with Gasteiger partial charge in [0, 0.05) is 19.2 Å². The van der Waals surface area contributed by atoms with Crippen molar-refractivity contribution in [2.45, 2.75) is 17.9 Å². The standard InChI is InChI=1S/C17H21FN2O3S/c1-23-17-12-15(8-9-16(17)18)24(21,22)20(11-5-10-19)13-14-6-3-2-4-7-14/h2-4,6-9,12H,5,10-11,13,19H2,1H3. The van der Waals surface area contributed by atoms with Crippen molar-refractivity contribution >= 4 is 10.0 Å². The molecule has 2 N–H and O–H groups in total. The molecule has 0 radical (unpaired) electrons. The van der Waals surface area contributed by atoms with Crippen LogP contribution in [0.1, 0.15) is 12.0 Å². The minimum atomic E-state index is -3.79. The van der Waals surface area contributed by atoms with Crippen molar-refractivity contribution in [1.29, 1.82) is 0 Å². The lowest BCUT2D eigenvalue weighted by molar-refractivity contribution is 0.382. The van der Waals surface area contributed by atoms with E-state index >= 15 is 0 Å². The molecule has 0 unspecified atom stereocenters. The predicted molar refractivity (Wildman–Crippen MR) is 90.7 cm³/mol. The van der Waals surface area contributed by atoms with Gasteiger partial charge in [0.2, 0.25) is 10.0 Å². The normalized spacial score (nSPS) is 11.7. The maximum absolute atomic E-state index is 13.6. The first-order valence-corrected chi connectivity index (χ1v) is 9.00. The smallest absolute Gasteiger partial charge is 0.243 e. The van der Waals surface area contributed by atoms with Crippen molar-refractivity contribution in [3.63, 3.8) is 0 Å². The number of methoxy groups -OCH3 is 1. The van der Waals surface area contributed by atoms with E-state index in [0.717, 1.165) is 11.6 Å². The Bertz CT molecular complexity index is 767. The number of hydrogen-bond acceptors (Lipinski definition) is 4. The van der Waals surface area contributed by atoms with Crippen LogP contribution in [0, 0.1) is 5.82 Å². The Hall–Kier alpha value is -1.96. The minimum Gasteiger partial charge on any atom is -0.494 e. The van der Waals surface area contributed by atoms with Crippen LogP contribution in [0.25, 0.3) is 0 Å². The number of ether oxygens (including phenoxy) is 1. The first-order chi connectivity index (χ1) is 11.5. The first kappa shape index (κ1) is 18.4. The van der Waals surface area contributed by atoms with Crippen molar-refractivity contribution < 1.29 is 17.5 Å². The molecular formula is C17H21FN2O3S. The van der Waals surface area contributed by atoms with E-state index in [0.29, 0.717) is 13.0 Å². The van der Waals surface area contributed by atoms with Crippen LogP contribution in [0.15, 0.2) is 53.4 Å². The molecule has 2 rings (SSSR count). The Kier molecular flexibility index (Phi) is 6.30. The van der Waals surface area contributed by atoms with Crippen LogP contribution in [0.4, 0.5) is 4.39 Å². The summed E-state index contributed by atoms with van der Waals surface area (Å²) in [7, 11) is -2.49. The highest BCUT2D eigenvalue weighted by Crippen LogP contribution is 2.25. The van der Waals surface area contributed by atoms with Gasteiger partial charge in [0.05, 0.1) is 12.0 Å². The van der Waals surface area contributed by atoms with Crippen molar-refractivity contribution in [2.75, 3.05) is 20.2 Å². The fourth-order valence-electron chi connectivity index (χ4n) is 2.29. The van der Waals surface area contributed by atoms with Crippen LogP contribution in [-0.4, -0.2) is 32.9 Å². The summed E-state index contributed by atoms with van der Waals surface area (Å²) >= 11 is 0. The van der Waals surface area contributed by atoms with Crippen LogP contribution in [0.3, 0.4) is 0 Å². The van der Waals surface area contributed by atoms with Gasteiger partial charge in [0.15, 0.2) is 11.6 Å². The lowest BCUT2D eigenvalue weighted by Gasteiger charge is -2.22. The first-order valence-electron chi connectivity index (χ1n) is 7.56. The summed E-state index contributed by atoms with van der Waals surface area (Å²) < 4.78 is 45.6. The van der Waals surface area contributed by atoms with Crippen LogP contribution >= 0.6 is 0 Å². The summed E-state index contributed by atoms with van der Waals surface area (Å²) in [6, 6.07) is 12.8. The number of benzene rings is 2.